The fraction of sp³-hybridized carbons (Fsp3) is 0.0588. The molecule has 16 rings (SSSR count). The molecule has 0 amide bonds. The van der Waals surface area contributed by atoms with Gasteiger partial charge in [0.2, 0.25) is 0 Å². The molecule has 1 atom stereocenters. The summed E-state index contributed by atoms with van der Waals surface area (Å²) in [6, 6.07) is 84.8. The molecule has 0 saturated heterocycles. The fourth-order valence-electron chi connectivity index (χ4n) is 13.7. The van der Waals surface area contributed by atoms with E-state index in [1.54, 1.807) is 0 Å². The van der Waals surface area contributed by atoms with E-state index < -0.39 is 5.41 Å². The van der Waals surface area contributed by atoms with Gasteiger partial charge in [-0.05, 0) is 159 Å². The fourth-order valence-corrected chi connectivity index (χ4v) is 13.7. The lowest BCUT2D eigenvalue weighted by Gasteiger charge is -2.37. The van der Waals surface area contributed by atoms with Crippen LogP contribution in [-0.2, 0) is 10.8 Å². The molecule has 1 aromatic heterocycles. The Bertz CT molecular complexity index is 4400. The molecule has 70 heavy (non-hydrogen) atoms. The Hall–Kier alpha value is -8.72. The van der Waals surface area contributed by atoms with Crippen LogP contribution in [0.5, 0.6) is 0 Å². The Kier molecular flexibility index (Phi) is 7.38. The lowest BCUT2D eigenvalue weighted by molar-refractivity contribution is 0.660. The maximum absolute atomic E-state index is 6.66. The predicted molar refractivity (Wildman–Crippen MR) is 291 cm³/mol. The lowest BCUT2D eigenvalue weighted by Crippen LogP contribution is -2.29. The van der Waals surface area contributed by atoms with Crippen LogP contribution < -0.4 is 4.90 Å². The summed E-state index contributed by atoms with van der Waals surface area (Å²) >= 11 is 0. The van der Waals surface area contributed by atoms with Crippen LogP contribution in [0.15, 0.2) is 229 Å². The molecule has 3 aliphatic carbocycles. The Morgan fingerprint density at radius 2 is 0.871 bits per heavy atom. The average molecular weight is 890 g/mol. The third kappa shape index (κ3) is 4.73. The molecule has 0 N–H and O–H groups in total. The van der Waals surface area contributed by atoms with Crippen LogP contribution in [-0.4, -0.2) is 0 Å². The van der Waals surface area contributed by atoms with E-state index in [2.05, 4.69) is 243 Å². The van der Waals surface area contributed by atoms with Crippen molar-refractivity contribution in [3.8, 4) is 44.5 Å². The van der Waals surface area contributed by atoms with Gasteiger partial charge >= 0.3 is 0 Å². The van der Waals surface area contributed by atoms with Crippen LogP contribution in [0.3, 0.4) is 0 Å². The topological polar surface area (TPSA) is 16.4 Å². The minimum atomic E-state index is -0.696. The molecule has 2 nitrogen and oxygen atoms in total. The zero-order chi connectivity index (χ0) is 46.0. The molecule has 1 heterocycles. The molecule has 13 aromatic rings. The van der Waals surface area contributed by atoms with Crippen LogP contribution in [0.1, 0.15) is 47.2 Å². The summed E-state index contributed by atoms with van der Waals surface area (Å²) in [4.78, 5) is 2.52. The average Bonchev–Trinajstić information content (AvgIpc) is 3.99. The number of fused-ring (bicyclic) bond motifs is 19. The number of nitrogens with zero attached hydrogens (tertiary/aromatic N) is 1. The van der Waals surface area contributed by atoms with Crippen molar-refractivity contribution >= 4 is 71.3 Å². The second-order valence-electron chi connectivity index (χ2n) is 20.3. The molecule has 0 aliphatic heterocycles. The number of furan rings is 1. The van der Waals surface area contributed by atoms with Gasteiger partial charge in [0.15, 0.2) is 0 Å². The lowest BCUT2D eigenvalue weighted by atomic mass is 9.65. The SMILES string of the molecule is CC1(C)c2ccccc2-c2ccc(N(c3ccc4c(c3)C3(c5ccccc5-c5ccccc5-4)c4ccccc4-c4c3cc3ccc5cccc6ccc4c3c56)c3cccc4oc5ccccc5c34)cc21. The van der Waals surface area contributed by atoms with Gasteiger partial charge in [-0.15, -0.1) is 0 Å². The van der Waals surface area contributed by atoms with Gasteiger partial charge in [-0.3, -0.25) is 0 Å². The van der Waals surface area contributed by atoms with Crippen LogP contribution >= 0.6 is 0 Å². The summed E-state index contributed by atoms with van der Waals surface area (Å²) in [7, 11) is 0. The minimum Gasteiger partial charge on any atom is -0.456 e. The number of para-hydroxylation sites is 1. The monoisotopic (exact) mass is 889 g/mol. The summed E-state index contributed by atoms with van der Waals surface area (Å²) in [5, 5.41) is 10.0. The van der Waals surface area contributed by atoms with Crippen molar-refractivity contribution in [2.75, 3.05) is 4.90 Å². The maximum atomic E-state index is 6.66. The summed E-state index contributed by atoms with van der Waals surface area (Å²) in [5.41, 5.74) is 22.3. The summed E-state index contributed by atoms with van der Waals surface area (Å²) in [6.07, 6.45) is 0. The Labute approximate surface area is 405 Å². The first-order chi connectivity index (χ1) is 34.5. The first-order valence-electron chi connectivity index (χ1n) is 24.6. The van der Waals surface area contributed by atoms with Crippen LogP contribution in [0.2, 0.25) is 0 Å². The molecular formula is C68H43NO. The van der Waals surface area contributed by atoms with Crippen molar-refractivity contribution < 1.29 is 4.42 Å². The van der Waals surface area contributed by atoms with E-state index in [-0.39, 0.29) is 5.41 Å². The highest BCUT2D eigenvalue weighted by atomic mass is 16.3. The van der Waals surface area contributed by atoms with Gasteiger partial charge in [0.25, 0.3) is 0 Å². The van der Waals surface area contributed by atoms with Gasteiger partial charge in [0.1, 0.15) is 11.2 Å². The van der Waals surface area contributed by atoms with Gasteiger partial charge in [0, 0.05) is 22.2 Å². The van der Waals surface area contributed by atoms with E-state index in [0.717, 1.165) is 39.0 Å². The van der Waals surface area contributed by atoms with Crippen molar-refractivity contribution in [1.82, 2.24) is 0 Å². The van der Waals surface area contributed by atoms with Crippen LogP contribution in [0.4, 0.5) is 17.1 Å². The summed E-state index contributed by atoms with van der Waals surface area (Å²) < 4.78 is 6.66. The molecule has 12 aromatic carbocycles. The van der Waals surface area contributed by atoms with E-state index in [1.807, 2.05) is 0 Å². The maximum Gasteiger partial charge on any atom is 0.137 e. The Balaban J connectivity index is 1.05. The van der Waals surface area contributed by atoms with Gasteiger partial charge < -0.3 is 9.32 Å². The van der Waals surface area contributed by atoms with E-state index in [4.69, 9.17) is 4.42 Å². The largest absolute Gasteiger partial charge is 0.456 e. The quantitative estimate of drug-likeness (QED) is 0.164. The first-order valence-corrected chi connectivity index (χ1v) is 24.6. The van der Waals surface area contributed by atoms with Crippen LogP contribution in [0, 0.1) is 0 Å². The molecule has 0 bridgehead atoms. The number of rotatable bonds is 3. The van der Waals surface area contributed by atoms with E-state index >= 15 is 0 Å². The Morgan fingerprint density at radius 1 is 0.329 bits per heavy atom. The van der Waals surface area contributed by atoms with Crippen LogP contribution in [0.25, 0.3) is 98.8 Å². The predicted octanol–water partition coefficient (Wildman–Crippen LogP) is 18.3. The molecule has 1 unspecified atom stereocenters. The summed E-state index contributed by atoms with van der Waals surface area (Å²) in [5.74, 6) is 0. The third-order valence-electron chi connectivity index (χ3n) is 16.6. The van der Waals surface area contributed by atoms with E-state index in [9.17, 15) is 0 Å². The molecule has 0 radical (unpaired) electrons. The van der Waals surface area contributed by atoms with Crippen molar-refractivity contribution in [1.29, 1.82) is 0 Å². The molecule has 3 aliphatic rings. The van der Waals surface area contributed by atoms with E-state index in [0.29, 0.717) is 0 Å². The molecular weight excluding hydrogens is 847 g/mol. The summed E-state index contributed by atoms with van der Waals surface area (Å²) in [6.45, 7) is 4.75. The molecule has 1 spiro atoms. The van der Waals surface area contributed by atoms with Crippen molar-refractivity contribution in [3.63, 3.8) is 0 Å². The first kappa shape index (κ1) is 38.3. The van der Waals surface area contributed by atoms with Crippen molar-refractivity contribution in [2.24, 2.45) is 0 Å². The van der Waals surface area contributed by atoms with Crippen molar-refractivity contribution in [2.45, 2.75) is 24.7 Å². The zero-order valence-electron chi connectivity index (χ0n) is 38.7. The minimum absolute atomic E-state index is 0.186. The smallest absolute Gasteiger partial charge is 0.137 e. The number of hydrogen-bond donors (Lipinski definition) is 0. The number of hydrogen-bond acceptors (Lipinski definition) is 2. The van der Waals surface area contributed by atoms with Gasteiger partial charge in [-0.2, -0.15) is 0 Å². The third-order valence-corrected chi connectivity index (χ3v) is 16.6. The van der Waals surface area contributed by atoms with Crippen molar-refractivity contribution in [3.05, 3.63) is 258 Å². The number of benzene rings is 12. The highest BCUT2D eigenvalue weighted by Gasteiger charge is 2.51. The van der Waals surface area contributed by atoms with E-state index in [1.165, 1.54) is 110 Å². The highest BCUT2D eigenvalue weighted by Crippen LogP contribution is 2.64. The van der Waals surface area contributed by atoms with Gasteiger partial charge in [-0.25, -0.2) is 0 Å². The molecule has 326 valence electrons. The van der Waals surface area contributed by atoms with Gasteiger partial charge in [-0.1, -0.05) is 190 Å². The standard InChI is InChI=1S/C68H43NO/c1-67(2)54-23-9-5-20-48(54)50-36-33-43(38-57(50)67)69(60-26-14-28-62-66(60)52-22-8-12-27-61(52)70-62)44-32-35-49-46-18-4-3-17-45(46)47-19-6-10-24-55(47)68(58(49)39-44)56-25-11-7-21-51(56)65-53-34-31-41-16-13-15-40-29-30-42(37-59(65)68)64(53)63(40)41/h3-39H,1-2H3. The molecule has 0 fully saturated rings. The normalized spacial score (nSPS) is 15.7. The Morgan fingerprint density at radius 3 is 1.63 bits per heavy atom. The molecule has 0 saturated carbocycles. The van der Waals surface area contributed by atoms with Gasteiger partial charge in [0.05, 0.1) is 16.5 Å². The highest BCUT2D eigenvalue weighted by molar-refractivity contribution is 6.27. The number of anilines is 3. The second-order valence-corrected chi connectivity index (χ2v) is 20.3. The zero-order valence-corrected chi connectivity index (χ0v) is 38.7. The second kappa shape index (κ2) is 13.5. The molecule has 2 heteroatoms.